The van der Waals surface area contributed by atoms with E-state index in [-0.39, 0.29) is 17.9 Å². The van der Waals surface area contributed by atoms with Crippen LogP contribution in [0.3, 0.4) is 0 Å². The van der Waals surface area contributed by atoms with Crippen LogP contribution in [0.5, 0.6) is 5.75 Å². The van der Waals surface area contributed by atoms with Gasteiger partial charge in [0.2, 0.25) is 5.91 Å². The number of carbonyl (C=O) groups is 1. The average molecular weight is 292 g/mol. The summed E-state index contributed by atoms with van der Waals surface area (Å²) in [5, 5.41) is 2.89. The molecule has 0 saturated heterocycles. The molecule has 21 heavy (non-hydrogen) atoms. The molecule has 1 aromatic carbocycles. The minimum Gasteiger partial charge on any atom is -0.489 e. The molecule has 0 aliphatic heterocycles. The first kappa shape index (κ1) is 17.5. The third-order valence-corrected chi connectivity index (χ3v) is 3.81. The number of carbonyl (C=O) groups excluding carboxylic acids is 1. The van der Waals surface area contributed by atoms with Gasteiger partial charge in [0.1, 0.15) is 11.9 Å². The number of rotatable bonds is 8. The van der Waals surface area contributed by atoms with E-state index in [4.69, 9.17) is 10.5 Å². The molecule has 118 valence electrons. The van der Waals surface area contributed by atoms with Gasteiger partial charge < -0.3 is 15.8 Å². The Labute approximate surface area is 128 Å². The lowest BCUT2D eigenvalue weighted by Crippen LogP contribution is -2.47. The number of nitrogens with one attached hydrogen (secondary N) is 1. The van der Waals surface area contributed by atoms with Crippen molar-refractivity contribution in [2.45, 2.75) is 52.7 Å². The molecule has 0 bridgehead atoms. The summed E-state index contributed by atoms with van der Waals surface area (Å²) in [7, 11) is 0. The van der Waals surface area contributed by atoms with E-state index in [0.29, 0.717) is 6.54 Å². The molecule has 4 heteroatoms. The van der Waals surface area contributed by atoms with E-state index in [1.54, 1.807) is 0 Å². The Balaban J connectivity index is 2.49. The Bertz CT molecular complexity index is 448. The summed E-state index contributed by atoms with van der Waals surface area (Å²) in [5.41, 5.74) is 7.08. The summed E-state index contributed by atoms with van der Waals surface area (Å²) in [6.45, 7) is 8.58. The predicted molar refractivity (Wildman–Crippen MR) is 86.3 cm³/mol. The highest BCUT2D eigenvalue weighted by atomic mass is 16.5. The SMILES string of the molecule is CCC(CNC(=O)C(N)C(C)CC)Oc1cccc(C)c1. The van der Waals surface area contributed by atoms with Gasteiger partial charge in [0.25, 0.3) is 0 Å². The summed E-state index contributed by atoms with van der Waals surface area (Å²) in [6.07, 6.45) is 1.68. The van der Waals surface area contributed by atoms with Gasteiger partial charge in [0.05, 0.1) is 12.6 Å². The van der Waals surface area contributed by atoms with Crippen molar-refractivity contribution in [1.82, 2.24) is 5.32 Å². The van der Waals surface area contributed by atoms with Gasteiger partial charge in [-0.3, -0.25) is 4.79 Å². The van der Waals surface area contributed by atoms with E-state index >= 15 is 0 Å². The lowest BCUT2D eigenvalue weighted by molar-refractivity contribution is -0.123. The Hall–Kier alpha value is -1.55. The highest BCUT2D eigenvalue weighted by molar-refractivity contribution is 5.81. The van der Waals surface area contributed by atoms with Crippen LogP contribution in [-0.2, 0) is 4.79 Å². The highest BCUT2D eigenvalue weighted by Crippen LogP contribution is 2.15. The van der Waals surface area contributed by atoms with E-state index in [9.17, 15) is 4.79 Å². The molecule has 0 heterocycles. The molecular weight excluding hydrogens is 264 g/mol. The molecule has 0 spiro atoms. The van der Waals surface area contributed by atoms with E-state index in [1.807, 2.05) is 52.0 Å². The minimum atomic E-state index is -0.452. The summed E-state index contributed by atoms with van der Waals surface area (Å²) in [4.78, 5) is 12.0. The van der Waals surface area contributed by atoms with Crippen LogP contribution in [0.15, 0.2) is 24.3 Å². The number of ether oxygens (including phenoxy) is 1. The number of nitrogens with two attached hydrogens (primary N) is 1. The van der Waals surface area contributed by atoms with Crippen molar-refractivity contribution in [2.24, 2.45) is 11.7 Å². The van der Waals surface area contributed by atoms with Gasteiger partial charge in [-0.25, -0.2) is 0 Å². The lowest BCUT2D eigenvalue weighted by Gasteiger charge is -2.21. The fraction of sp³-hybridized carbons (Fsp3) is 0.588. The molecule has 1 aromatic rings. The van der Waals surface area contributed by atoms with Crippen LogP contribution < -0.4 is 15.8 Å². The molecule has 4 nitrogen and oxygen atoms in total. The standard InChI is InChI=1S/C17H28N2O2/c1-5-13(4)16(18)17(20)19-11-14(6-2)21-15-9-7-8-12(3)10-15/h7-10,13-14,16H,5-6,11,18H2,1-4H3,(H,19,20). The second-order valence-corrected chi connectivity index (χ2v) is 5.62. The Morgan fingerprint density at radius 2 is 2.05 bits per heavy atom. The lowest BCUT2D eigenvalue weighted by atomic mass is 9.99. The van der Waals surface area contributed by atoms with Gasteiger partial charge in [0, 0.05) is 0 Å². The van der Waals surface area contributed by atoms with Crippen LogP contribution in [0, 0.1) is 12.8 Å². The number of hydrogen-bond acceptors (Lipinski definition) is 3. The first-order valence-corrected chi connectivity index (χ1v) is 7.74. The fourth-order valence-electron chi connectivity index (χ4n) is 2.00. The Kier molecular flexibility index (Phi) is 7.23. The third-order valence-electron chi connectivity index (χ3n) is 3.81. The zero-order valence-corrected chi connectivity index (χ0v) is 13.6. The van der Waals surface area contributed by atoms with Gasteiger partial charge in [-0.1, -0.05) is 39.3 Å². The number of amides is 1. The Morgan fingerprint density at radius 1 is 1.33 bits per heavy atom. The molecule has 1 amide bonds. The Morgan fingerprint density at radius 3 is 2.62 bits per heavy atom. The second kappa shape index (κ2) is 8.67. The smallest absolute Gasteiger partial charge is 0.237 e. The van der Waals surface area contributed by atoms with Crippen molar-refractivity contribution in [2.75, 3.05) is 6.54 Å². The van der Waals surface area contributed by atoms with Crippen molar-refractivity contribution in [3.63, 3.8) is 0 Å². The average Bonchev–Trinajstić information content (AvgIpc) is 2.49. The van der Waals surface area contributed by atoms with Crippen molar-refractivity contribution >= 4 is 5.91 Å². The molecule has 3 atom stereocenters. The maximum Gasteiger partial charge on any atom is 0.237 e. The van der Waals surface area contributed by atoms with Crippen LogP contribution in [0.1, 0.15) is 39.2 Å². The minimum absolute atomic E-state index is 0.0418. The van der Waals surface area contributed by atoms with Crippen LogP contribution in [0.25, 0.3) is 0 Å². The summed E-state index contributed by atoms with van der Waals surface area (Å²) >= 11 is 0. The van der Waals surface area contributed by atoms with Crippen LogP contribution in [0.4, 0.5) is 0 Å². The number of hydrogen-bond donors (Lipinski definition) is 2. The molecular formula is C17H28N2O2. The van der Waals surface area contributed by atoms with Crippen LogP contribution in [-0.4, -0.2) is 24.6 Å². The van der Waals surface area contributed by atoms with Crippen LogP contribution in [0.2, 0.25) is 0 Å². The summed E-state index contributed by atoms with van der Waals surface area (Å²) in [5.74, 6) is 0.917. The van der Waals surface area contributed by atoms with Crippen molar-refractivity contribution in [3.8, 4) is 5.75 Å². The first-order chi connectivity index (χ1) is 9.97. The van der Waals surface area contributed by atoms with Crippen molar-refractivity contribution in [3.05, 3.63) is 29.8 Å². The highest BCUT2D eigenvalue weighted by Gasteiger charge is 2.20. The maximum atomic E-state index is 12.0. The maximum absolute atomic E-state index is 12.0. The molecule has 0 radical (unpaired) electrons. The fourth-order valence-corrected chi connectivity index (χ4v) is 2.00. The normalized spacial score (nSPS) is 15.1. The molecule has 0 saturated carbocycles. The van der Waals surface area contributed by atoms with Gasteiger partial charge in [-0.15, -0.1) is 0 Å². The number of aryl methyl sites for hydroxylation is 1. The third kappa shape index (κ3) is 5.76. The van der Waals surface area contributed by atoms with Gasteiger partial charge in [-0.2, -0.15) is 0 Å². The van der Waals surface area contributed by atoms with Crippen molar-refractivity contribution < 1.29 is 9.53 Å². The predicted octanol–water partition coefficient (Wildman–Crippen LogP) is 2.64. The zero-order valence-electron chi connectivity index (χ0n) is 13.6. The van der Waals surface area contributed by atoms with E-state index in [1.165, 1.54) is 0 Å². The largest absolute Gasteiger partial charge is 0.489 e. The molecule has 3 N–H and O–H groups in total. The van der Waals surface area contributed by atoms with Gasteiger partial charge in [0.15, 0.2) is 0 Å². The van der Waals surface area contributed by atoms with Crippen molar-refractivity contribution in [1.29, 1.82) is 0 Å². The molecule has 1 rings (SSSR count). The second-order valence-electron chi connectivity index (χ2n) is 5.62. The van der Waals surface area contributed by atoms with Gasteiger partial charge in [-0.05, 0) is 37.0 Å². The van der Waals surface area contributed by atoms with Crippen LogP contribution >= 0.6 is 0 Å². The van der Waals surface area contributed by atoms with Gasteiger partial charge >= 0.3 is 0 Å². The molecule has 0 fully saturated rings. The van der Waals surface area contributed by atoms with E-state index in [0.717, 1.165) is 24.2 Å². The zero-order chi connectivity index (χ0) is 15.8. The molecule has 0 aliphatic carbocycles. The van der Waals surface area contributed by atoms with E-state index < -0.39 is 6.04 Å². The molecule has 0 aromatic heterocycles. The molecule has 3 unspecified atom stereocenters. The quantitative estimate of drug-likeness (QED) is 0.774. The summed E-state index contributed by atoms with van der Waals surface area (Å²) in [6, 6.07) is 7.47. The first-order valence-electron chi connectivity index (χ1n) is 7.74. The number of benzene rings is 1. The molecule has 0 aliphatic rings. The monoisotopic (exact) mass is 292 g/mol. The topological polar surface area (TPSA) is 64.4 Å². The van der Waals surface area contributed by atoms with E-state index in [2.05, 4.69) is 5.32 Å². The summed E-state index contributed by atoms with van der Waals surface area (Å²) < 4.78 is 5.91.